The van der Waals surface area contributed by atoms with E-state index in [9.17, 15) is 4.91 Å². The van der Waals surface area contributed by atoms with Gasteiger partial charge in [-0.05, 0) is 117 Å². The van der Waals surface area contributed by atoms with Gasteiger partial charge < -0.3 is 5.73 Å². The lowest BCUT2D eigenvalue weighted by Gasteiger charge is -2.66. The minimum atomic E-state index is -0.235. The summed E-state index contributed by atoms with van der Waals surface area (Å²) in [5.74, 6) is 3.57. The molecule has 0 aromatic carbocycles. The van der Waals surface area contributed by atoms with Crippen LogP contribution >= 0.6 is 0 Å². The van der Waals surface area contributed by atoms with Crippen LogP contribution in [-0.2, 0) is 0 Å². The van der Waals surface area contributed by atoms with Crippen molar-refractivity contribution >= 4 is 0 Å². The van der Waals surface area contributed by atoms with Gasteiger partial charge in [0.05, 0.1) is 6.04 Å². The molecule has 0 aromatic heterocycles. The molecule has 0 radical (unpaired) electrons. The van der Waals surface area contributed by atoms with Crippen molar-refractivity contribution < 1.29 is 0 Å². The fourth-order valence-electron chi connectivity index (χ4n) is 10.4. The van der Waals surface area contributed by atoms with E-state index < -0.39 is 0 Å². The fraction of sp³-hybridized carbons (Fsp3) is 0.800. The number of rotatable bonds is 3. The molecular formula is C30H46N2O. The zero-order valence-corrected chi connectivity index (χ0v) is 21.8. The molecule has 0 spiro atoms. The van der Waals surface area contributed by atoms with Gasteiger partial charge in [0, 0.05) is 11.0 Å². The van der Waals surface area contributed by atoms with E-state index in [-0.39, 0.29) is 22.4 Å². The van der Waals surface area contributed by atoms with E-state index in [2.05, 4.69) is 53.0 Å². The Morgan fingerprint density at radius 3 is 2.45 bits per heavy atom. The lowest BCUT2D eigenvalue weighted by atomic mass is 9.39. The van der Waals surface area contributed by atoms with Crippen molar-refractivity contribution in [2.75, 3.05) is 0 Å². The van der Waals surface area contributed by atoms with Crippen LogP contribution in [-0.4, -0.2) is 11.6 Å². The molecule has 0 aromatic rings. The van der Waals surface area contributed by atoms with Gasteiger partial charge in [0.25, 0.3) is 0 Å². The van der Waals surface area contributed by atoms with Crippen LogP contribution in [0.2, 0.25) is 0 Å². The van der Waals surface area contributed by atoms with E-state index in [1.165, 1.54) is 55.2 Å². The standard InChI is InChI=1S/C30H46N2O/c1-17(2)26-19(5)16-29(18(3)4)14-12-25-28(7)13-10-21-20(6)24(32-33)9-8-22(21)23(28)11-15-30(25,31)27(26)29/h17,20-25H,3,5,8-16,31H2,1-2,4,6-7H3. The molecule has 3 heteroatoms. The van der Waals surface area contributed by atoms with E-state index in [0.29, 0.717) is 23.7 Å². The molecule has 33 heavy (non-hydrogen) atoms. The van der Waals surface area contributed by atoms with Crippen LogP contribution in [0.15, 0.2) is 40.6 Å². The molecule has 2 N–H and O–H groups in total. The summed E-state index contributed by atoms with van der Waals surface area (Å²) in [5.41, 5.74) is 13.4. The largest absolute Gasteiger partial charge is 0.321 e. The first-order valence-electron chi connectivity index (χ1n) is 13.7. The summed E-state index contributed by atoms with van der Waals surface area (Å²) in [5, 5.41) is 3.52. The molecule has 182 valence electrons. The quantitative estimate of drug-likeness (QED) is 0.356. The van der Waals surface area contributed by atoms with Crippen LogP contribution in [0, 0.1) is 51.2 Å². The minimum absolute atomic E-state index is 0.0296. The van der Waals surface area contributed by atoms with Gasteiger partial charge >= 0.3 is 0 Å². The third kappa shape index (κ3) is 2.96. The predicted octanol–water partition coefficient (Wildman–Crippen LogP) is 7.58. The molecule has 5 aliphatic rings. The summed E-state index contributed by atoms with van der Waals surface area (Å²) < 4.78 is 0. The van der Waals surface area contributed by atoms with Crippen LogP contribution < -0.4 is 5.73 Å². The molecule has 0 saturated heterocycles. The molecule has 9 atom stereocenters. The molecule has 5 rings (SSSR count). The molecule has 4 saturated carbocycles. The van der Waals surface area contributed by atoms with Crippen molar-refractivity contribution in [2.24, 2.45) is 57.2 Å². The molecule has 0 bridgehead atoms. The van der Waals surface area contributed by atoms with Gasteiger partial charge in [-0.1, -0.05) is 57.2 Å². The first-order chi connectivity index (χ1) is 15.5. The Kier molecular flexibility index (Phi) is 5.44. The van der Waals surface area contributed by atoms with E-state index in [1.54, 1.807) is 5.57 Å². The Bertz CT molecular complexity index is 916. The fourth-order valence-corrected chi connectivity index (χ4v) is 10.4. The summed E-state index contributed by atoms with van der Waals surface area (Å²) in [6, 6.07) is 0.0296. The summed E-state index contributed by atoms with van der Waals surface area (Å²) in [7, 11) is 0. The lowest BCUT2D eigenvalue weighted by Crippen LogP contribution is -2.67. The number of allylic oxidation sites excluding steroid dienone is 3. The first-order valence-corrected chi connectivity index (χ1v) is 13.7. The Balaban J connectivity index is 1.57. The Morgan fingerprint density at radius 1 is 1.09 bits per heavy atom. The number of hydrogen-bond donors (Lipinski definition) is 1. The van der Waals surface area contributed by atoms with Gasteiger partial charge in [0.2, 0.25) is 0 Å². The van der Waals surface area contributed by atoms with Crippen molar-refractivity contribution in [3.63, 3.8) is 0 Å². The molecule has 3 nitrogen and oxygen atoms in total. The maximum atomic E-state index is 11.4. The van der Waals surface area contributed by atoms with Gasteiger partial charge in [-0.2, -0.15) is 4.91 Å². The predicted molar refractivity (Wildman–Crippen MR) is 138 cm³/mol. The van der Waals surface area contributed by atoms with E-state index >= 15 is 0 Å². The van der Waals surface area contributed by atoms with Gasteiger partial charge in [-0.3, -0.25) is 0 Å². The molecule has 0 aliphatic heterocycles. The SMILES string of the molecule is C=C1CC2(C(=C)C)CCC3C(N)(CCC4C5CCC(N=O)C(C)C5CCC43C)C2=C1C(C)C. The zero-order valence-electron chi connectivity index (χ0n) is 21.8. The minimum Gasteiger partial charge on any atom is -0.321 e. The second-order valence-electron chi connectivity index (χ2n) is 13.3. The van der Waals surface area contributed by atoms with Gasteiger partial charge in [0.15, 0.2) is 0 Å². The second-order valence-corrected chi connectivity index (χ2v) is 13.3. The average molecular weight is 451 g/mol. The molecular weight excluding hydrogens is 404 g/mol. The average Bonchev–Trinajstić information content (AvgIpc) is 3.08. The van der Waals surface area contributed by atoms with Crippen molar-refractivity contribution in [2.45, 2.75) is 104 Å². The zero-order chi connectivity index (χ0) is 23.9. The monoisotopic (exact) mass is 450 g/mol. The number of nitrogens with two attached hydrogens (primary N) is 1. The van der Waals surface area contributed by atoms with Crippen LogP contribution in [0.4, 0.5) is 0 Å². The summed E-state index contributed by atoms with van der Waals surface area (Å²) in [6.45, 7) is 20.9. The van der Waals surface area contributed by atoms with Crippen LogP contribution in [0.25, 0.3) is 0 Å². The highest BCUT2D eigenvalue weighted by Crippen LogP contribution is 2.71. The number of nitrogens with zero attached hydrogens (tertiary/aromatic N) is 1. The Labute approximate surface area is 201 Å². The van der Waals surface area contributed by atoms with Crippen LogP contribution in [0.3, 0.4) is 0 Å². The van der Waals surface area contributed by atoms with Crippen molar-refractivity contribution in [1.82, 2.24) is 0 Å². The maximum Gasteiger partial charge on any atom is 0.0948 e. The van der Waals surface area contributed by atoms with Gasteiger partial charge in [0.1, 0.15) is 0 Å². The third-order valence-electron chi connectivity index (χ3n) is 11.8. The summed E-state index contributed by atoms with van der Waals surface area (Å²) >= 11 is 0. The maximum absolute atomic E-state index is 11.4. The third-order valence-corrected chi connectivity index (χ3v) is 11.8. The van der Waals surface area contributed by atoms with E-state index in [0.717, 1.165) is 31.1 Å². The highest BCUT2D eigenvalue weighted by Gasteiger charge is 2.66. The summed E-state index contributed by atoms with van der Waals surface area (Å²) in [6.07, 6.45) is 10.4. The Morgan fingerprint density at radius 2 is 1.82 bits per heavy atom. The van der Waals surface area contributed by atoms with Gasteiger partial charge in [-0.25, -0.2) is 0 Å². The molecule has 0 amide bonds. The van der Waals surface area contributed by atoms with Crippen LogP contribution in [0.5, 0.6) is 0 Å². The molecule has 9 unspecified atom stereocenters. The first kappa shape index (κ1) is 23.5. The Hall–Kier alpha value is -1.22. The number of hydrogen-bond acceptors (Lipinski definition) is 3. The van der Waals surface area contributed by atoms with Crippen molar-refractivity contribution in [3.05, 3.63) is 40.4 Å². The summed E-state index contributed by atoms with van der Waals surface area (Å²) in [4.78, 5) is 11.4. The lowest BCUT2D eigenvalue weighted by molar-refractivity contribution is -0.123. The highest BCUT2D eigenvalue weighted by atomic mass is 16.3. The number of fused-ring (bicyclic) bond motifs is 7. The van der Waals surface area contributed by atoms with E-state index in [1.807, 2.05) is 0 Å². The smallest absolute Gasteiger partial charge is 0.0948 e. The molecule has 0 heterocycles. The van der Waals surface area contributed by atoms with Gasteiger partial charge in [-0.15, -0.1) is 0 Å². The van der Waals surface area contributed by atoms with Crippen molar-refractivity contribution in [3.8, 4) is 0 Å². The molecule has 4 fully saturated rings. The van der Waals surface area contributed by atoms with Crippen molar-refractivity contribution in [1.29, 1.82) is 0 Å². The van der Waals surface area contributed by atoms with Crippen LogP contribution in [0.1, 0.15) is 92.4 Å². The second kappa shape index (κ2) is 7.64. The molecule has 5 aliphatic carbocycles. The van der Waals surface area contributed by atoms with E-state index in [4.69, 9.17) is 5.73 Å². The number of nitroso groups, excluding NO2 is 1. The topological polar surface area (TPSA) is 55.4 Å². The normalized spacial score (nSPS) is 49.2. The highest BCUT2D eigenvalue weighted by molar-refractivity contribution is 5.56.